The molecule has 3 heterocycles. The first-order valence-electron chi connectivity index (χ1n) is 9.36. The van der Waals surface area contributed by atoms with Crippen LogP contribution in [0.15, 0.2) is 22.7 Å². The van der Waals surface area contributed by atoms with Crippen LogP contribution in [0.1, 0.15) is 53.3 Å². The molecule has 4 rings (SSSR count). The smallest absolute Gasteiger partial charge is 0.256 e. The summed E-state index contributed by atoms with van der Waals surface area (Å²) < 4.78 is 6.73. The molecule has 2 aromatic rings. The van der Waals surface area contributed by atoms with Gasteiger partial charge in [0.2, 0.25) is 0 Å². The average molecular weight is 450 g/mol. The molecule has 0 saturated heterocycles. The van der Waals surface area contributed by atoms with E-state index in [0.717, 1.165) is 45.9 Å². The van der Waals surface area contributed by atoms with Crippen LogP contribution in [-0.2, 0) is 13.0 Å². The Kier molecular flexibility index (Phi) is 5.18. The van der Waals surface area contributed by atoms with E-state index < -0.39 is 0 Å². The summed E-state index contributed by atoms with van der Waals surface area (Å²) in [6, 6.07) is 6.41. The van der Waals surface area contributed by atoms with Crippen LogP contribution in [0.25, 0.3) is 0 Å². The van der Waals surface area contributed by atoms with E-state index in [4.69, 9.17) is 4.74 Å². The Labute approximate surface area is 172 Å². The second kappa shape index (κ2) is 7.45. The van der Waals surface area contributed by atoms with Gasteiger partial charge in [-0.25, -0.2) is 0 Å². The van der Waals surface area contributed by atoms with Crippen molar-refractivity contribution in [2.75, 3.05) is 18.5 Å². The van der Waals surface area contributed by atoms with E-state index >= 15 is 0 Å². The first kappa shape index (κ1) is 18.8. The minimum Gasteiger partial charge on any atom is -0.493 e. The van der Waals surface area contributed by atoms with Gasteiger partial charge >= 0.3 is 0 Å². The lowest BCUT2D eigenvalue weighted by Crippen LogP contribution is -2.39. The monoisotopic (exact) mass is 449 g/mol. The van der Waals surface area contributed by atoms with Crippen molar-refractivity contribution in [3.63, 3.8) is 0 Å². The number of carbonyl (C=O) groups is 1. The van der Waals surface area contributed by atoms with Gasteiger partial charge in [0.15, 0.2) is 0 Å². The number of anilines is 1. The summed E-state index contributed by atoms with van der Waals surface area (Å²) in [6.45, 7) is 8.92. The Hall–Kier alpha value is -1.57. The molecule has 2 N–H and O–H groups in total. The van der Waals surface area contributed by atoms with Gasteiger partial charge in [-0.05, 0) is 51.0 Å². The van der Waals surface area contributed by atoms with Crippen LogP contribution in [0.3, 0.4) is 0 Å². The molecule has 0 bridgehead atoms. The zero-order chi connectivity index (χ0) is 19.1. The van der Waals surface area contributed by atoms with Crippen LogP contribution < -0.4 is 15.4 Å². The van der Waals surface area contributed by atoms with E-state index in [9.17, 15) is 4.79 Å². The molecule has 2 aliphatic heterocycles. The average Bonchev–Trinajstić information content (AvgIpc) is 3.01. The number of hydrogen-bond donors (Lipinski definition) is 2. The number of rotatable bonds is 4. The Morgan fingerprint density at radius 1 is 1.37 bits per heavy atom. The number of amides is 1. The third-order valence-corrected chi connectivity index (χ3v) is 6.82. The minimum atomic E-state index is -0.301. The zero-order valence-corrected chi connectivity index (χ0v) is 18.2. The molecule has 0 spiro atoms. The maximum absolute atomic E-state index is 13.0. The highest BCUT2D eigenvalue weighted by Crippen LogP contribution is 2.42. The van der Waals surface area contributed by atoms with E-state index in [1.807, 2.05) is 25.1 Å². The lowest BCUT2D eigenvalue weighted by atomic mass is 9.99. The predicted molar refractivity (Wildman–Crippen MR) is 113 cm³/mol. The molecule has 2 aliphatic rings. The fraction of sp³-hybridized carbons (Fsp3) is 0.450. The first-order valence-corrected chi connectivity index (χ1v) is 11.0. The molecule has 7 heteroatoms. The number of nitrogens with one attached hydrogen (secondary N) is 2. The molecule has 1 aromatic heterocycles. The van der Waals surface area contributed by atoms with Gasteiger partial charge in [0, 0.05) is 34.0 Å². The summed E-state index contributed by atoms with van der Waals surface area (Å²) in [5.41, 5.74) is 2.98. The fourth-order valence-corrected chi connectivity index (χ4v) is 5.44. The van der Waals surface area contributed by atoms with Crippen molar-refractivity contribution < 1.29 is 9.53 Å². The predicted octanol–water partition coefficient (Wildman–Crippen LogP) is 4.53. The van der Waals surface area contributed by atoms with Crippen molar-refractivity contribution in [2.24, 2.45) is 0 Å². The standard InChI is InChI=1S/C20H24BrN3O2S/c1-4-26-15-6-5-12(21)9-14(15)18-22-19(25)17-13-7-8-24(11(2)3)10-16(13)27-20(17)23-18/h5-6,9,11,18,23H,4,7-8,10H2,1-3H3,(H,22,25)/t18-/m1/s1. The maximum Gasteiger partial charge on any atom is 0.256 e. The van der Waals surface area contributed by atoms with Crippen molar-refractivity contribution in [2.45, 2.75) is 45.9 Å². The lowest BCUT2D eigenvalue weighted by molar-refractivity contribution is 0.0934. The van der Waals surface area contributed by atoms with Crippen LogP contribution in [0.5, 0.6) is 5.75 Å². The Morgan fingerprint density at radius 2 is 2.19 bits per heavy atom. The topological polar surface area (TPSA) is 53.6 Å². The molecule has 27 heavy (non-hydrogen) atoms. The Morgan fingerprint density at radius 3 is 2.93 bits per heavy atom. The van der Waals surface area contributed by atoms with Gasteiger partial charge in [-0.2, -0.15) is 0 Å². The SMILES string of the molecule is CCOc1ccc(Br)cc1[C@@H]1NC(=O)c2c(sc3c2CCN(C(C)C)C3)N1. The first-order chi connectivity index (χ1) is 13.0. The van der Waals surface area contributed by atoms with Crippen molar-refractivity contribution in [1.82, 2.24) is 10.2 Å². The normalized spacial score (nSPS) is 19.3. The van der Waals surface area contributed by atoms with Gasteiger partial charge in [0.25, 0.3) is 5.91 Å². The molecule has 1 amide bonds. The van der Waals surface area contributed by atoms with E-state index in [1.54, 1.807) is 11.3 Å². The number of fused-ring (bicyclic) bond motifs is 3. The van der Waals surface area contributed by atoms with Gasteiger partial charge in [-0.15, -0.1) is 11.3 Å². The van der Waals surface area contributed by atoms with Crippen LogP contribution in [0, 0.1) is 0 Å². The van der Waals surface area contributed by atoms with E-state index in [1.165, 1.54) is 10.4 Å². The molecule has 0 radical (unpaired) electrons. The minimum absolute atomic E-state index is 0.00618. The van der Waals surface area contributed by atoms with Crippen LogP contribution in [0.2, 0.25) is 0 Å². The van der Waals surface area contributed by atoms with Gasteiger partial charge in [0.1, 0.15) is 16.9 Å². The summed E-state index contributed by atoms with van der Waals surface area (Å²) in [4.78, 5) is 16.7. The molecule has 1 aromatic carbocycles. The molecule has 1 atom stereocenters. The quantitative estimate of drug-likeness (QED) is 0.719. The number of halogens is 1. The molecule has 0 aliphatic carbocycles. The van der Waals surface area contributed by atoms with Gasteiger partial charge in [0.05, 0.1) is 12.2 Å². The number of hydrogen-bond acceptors (Lipinski definition) is 5. The van der Waals surface area contributed by atoms with Crippen LogP contribution >= 0.6 is 27.3 Å². The second-order valence-electron chi connectivity index (χ2n) is 7.19. The molecule has 0 unspecified atom stereocenters. The van der Waals surface area contributed by atoms with Crippen molar-refractivity contribution >= 4 is 38.2 Å². The third kappa shape index (κ3) is 3.48. The maximum atomic E-state index is 13.0. The number of ether oxygens (including phenoxy) is 1. The zero-order valence-electron chi connectivity index (χ0n) is 15.8. The summed E-state index contributed by atoms with van der Waals surface area (Å²) in [7, 11) is 0. The largest absolute Gasteiger partial charge is 0.493 e. The number of benzene rings is 1. The molecule has 144 valence electrons. The van der Waals surface area contributed by atoms with E-state index in [-0.39, 0.29) is 12.1 Å². The highest BCUT2D eigenvalue weighted by atomic mass is 79.9. The molecular weight excluding hydrogens is 426 g/mol. The second-order valence-corrected chi connectivity index (χ2v) is 9.21. The summed E-state index contributed by atoms with van der Waals surface area (Å²) in [5.74, 6) is 0.793. The van der Waals surface area contributed by atoms with Crippen molar-refractivity contribution in [3.8, 4) is 5.75 Å². The summed E-state index contributed by atoms with van der Waals surface area (Å²) in [6.07, 6.45) is 0.630. The van der Waals surface area contributed by atoms with Gasteiger partial charge < -0.3 is 15.4 Å². The van der Waals surface area contributed by atoms with Crippen LogP contribution in [-0.4, -0.2) is 30.0 Å². The summed E-state index contributed by atoms with van der Waals surface area (Å²) in [5, 5.41) is 7.64. The number of thiophene rings is 1. The highest BCUT2D eigenvalue weighted by molar-refractivity contribution is 9.10. The highest BCUT2D eigenvalue weighted by Gasteiger charge is 2.34. The van der Waals surface area contributed by atoms with Crippen molar-refractivity contribution in [1.29, 1.82) is 0 Å². The Balaban J connectivity index is 1.67. The van der Waals surface area contributed by atoms with Gasteiger partial charge in [-0.3, -0.25) is 9.69 Å². The lowest BCUT2D eigenvalue weighted by Gasteiger charge is -2.31. The van der Waals surface area contributed by atoms with E-state index in [2.05, 4.69) is 45.3 Å². The fourth-order valence-electron chi connectivity index (χ4n) is 3.76. The number of nitrogens with zero attached hydrogens (tertiary/aromatic N) is 1. The van der Waals surface area contributed by atoms with E-state index in [0.29, 0.717) is 12.6 Å². The molecule has 5 nitrogen and oxygen atoms in total. The van der Waals surface area contributed by atoms with Gasteiger partial charge in [-0.1, -0.05) is 15.9 Å². The summed E-state index contributed by atoms with van der Waals surface area (Å²) >= 11 is 5.25. The molecule has 0 saturated carbocycles. The van der Waals surface area contributed by atoms with Crippen LogP contribution in [0.4, 0.5) is 5.00 Å². The van der Waals surface area contributed by atoms with Crippen molar-refractivity contribution in [3.05, 3.63) is 44.2 Å². The molecule has 0 fully saturated rings. The Bertz CT molecular complexity index is 880. The third-order valence-electron chi connectivity index (χ3n) is 5.18. The number of carbonyl (C=O) groups excluding carboxylic acids is 1. The molecular formula is C20H24BrN3O2S.